The van der Waals surface area contributed by atoms with E-state index in [1.54, 1.807) is 0 Å². The lowest BCUT2D eigenvalue weighted by Gasteiger charge is -2.46. The fraction of sp³-hybridized carbons (Fsp3) is 0.829. The maximum atomic E-state index is 13.0. The third kappa shape index (κ3) is 9.40. The first-order valence-corrected chi connectivity index (χ1v) is 22.6. The van der Waals surface area contributed by atoms with Crippen LogP contribution in [-0.2, 0) is 27.9 Å². The summed E-state index contributed by atoms with van der Waals surface area (Å²) in [7, 11) is -4.02. The second-order valence-electron chi connectivity index (χ2n) is 17.0. The molecule has 6 nitrogen and oxygen atoms in total. The molecule has 0 aromatic heterocycles. The van der Waals surface area contributed by atoms with Crippen LogP contribution in [0.2, 0.25) is 36.3 Å². The average molecular weight is 635 g/mol. The van der Waals surface area contributed by atoms with Crippen LogP contribution in [0, 0.1) is 23.7 Å². The van der Waals surface area contributed by atoms with Crippen LogP contribution in [0.3, 0.4) is 0 Å². The van der Waals surface area contributed by atoms with Crippen molar-refractivity contribution in [2.45, 2.75) is 162 Å². The van der Waals surface area contributed by atoms with Gasteiger partial charge in [0, 0.05) is 25.2 Å². The fourth-order valence-corrected chi connectivity index (χ4v) is 8.88. The van der Waals surface area contributed by atoms with E-state index < -0.39 is 16.6 Å². The Balaban J connectivity index is 1.81. The number of carbonyl (C=O) groups excluding carboxylic acids is 2. The monoisotopic (exact) mass is 634 g/mol. The summed E-state index contributed by atoms with van der Waals surface area (Å²) in [4.78, 5) is 25.7. The number of cyclic esters (lactones) is 1. The van der Waals surface area contributed by atoms with E-state index in [0.717, 1.165) is 19.3 Å². The van der Waals surface area contributed by atoms with Crippen LogP contribution in [0.4, 0.5) is 0 Å². The smallest absolute Gasteiger partial charge is 0.308 e. The Kier molecular flexibility index (Phi) is 11.5. The number of esters is 2. The molecule has 0 amide bonds. The number of ether oxygens (including phenoxy) is 2. The third-order valence-electron chi connectivity index (χ3n) is 10.8. The molecule has 1 aliphatic heterocycles. The summed E-state index contributed by atoms with van der Waals surface area (Å²) in [6, 6.07) is 0. The minimum Gasteiger partial charge on any atom is -0.462 e. The zero-order valence-corrected chi connectivity index (χ0v) is 31.5. The molecule has 3 aliphatic rings. The normalized spacial score (nSPS) is 30.5. The van der Waals surface area contributed by atoms with E-state index >= 15 is 0 Å². The zero-order valence-electron chi connectivity index (χ0n) is 29.5. The first kappa shape index (κ1) is 36.2. The number of hydrogen-bond donors (Lipinski definition) is 0. The molecule has 0 aromatic carbocycles. The lowest BCUT2D eigenvalue weighted by molar-refractivity contribution is -0.161. The second-order valence-corrected chi connectivity index (χ2v) is 26.5. The van der Waals surface area contributed by atoms with Crippen LogP contribution in [0.15, 0.2) is 23.8 Å². The molecule has 7 atom stereocenters. The van der Waals surface area contributed by atoms with E-state index in [0.29, 0.717) is 25.2 Å². The van der Waals surface area contributed by atoms with Crippen molar-refractivity contribution in [1.29, 1.82) is 0 Å². The summed E-state index contributed by atoms with van der Waals surface area (Å²) >= 11 is 0. The van der Waals surface area contributed by atoms with E-state index in [2.05, 4.69) is 107 Å². The van der Waals surface area contributed by atoms with E-state index in [1.165, 1.54) is 5.57 Å². The van der Waals surface area contributed by atoms with E-state index in [9.17, 15) is 9.59 Å². The van der Waals surface area contributed by atoms with Gasteiger partial charge in [0.05, 0.1) is 18.6 Å². The van der Waals surface area contributed by atoms with Crippen LogP contribution in [0.1, 0.15) is 101 Å². The molecule has 1 saturated heterocycles. The van der Waals surface area contributed by atoms with Gasteiger partial charge in [0.1, 0.15) is 12.2 Å². The Labute approximate surface area is 265 Å². The number of hydrogen-bond acceptors (Lipinski definition) is 6. The molecule has 3 rings (SSSR count). The summed E-state index contributed by atoms with van der Waals surface area (Å²) in [5, 5.41) is 0.181. The van der Waals surface area contributed by atoms with Crippen LogP contribution in [0.25, 0.3) is 0 Å². The Morgan fingerprint density at radius 2 is 1.58 bits per heavy atom. The standard InChI is InChI=1S/C35H62O6Si2/c1-23(2)18-31(36)39-30-21-27(40-42(10,11)34(4,5)6)19-25-15-14-24(3)29(33(25)30)17-16-26-20-28(22-32(37)38-26)41-43(12,13)35(7,8)9/h14-15,19,23-24,26-30,33H,16-18,20-22H2,1-13H3. The summed E-state index contributed by atoms with van der Waals surface area (Å²) in [5.74, 6) is 0.677. The van der Waals surface area contributed by atoms with Gasteiger partial charge >= 0.3 is 11.9 Å². The van der Waals surface area contributed by atoms with Gasteiger partial charge in [-0.3, -0.25) is 9.59 Å². The highest BCUT2D eigenvalue weighted by atomic mass is 28.4. The van der Waals surface area contributed by atoms with Crippen LogP contribution >= 0.6 is 0 Å². The minimum absolute atomic E-state index is 0.0739. The predicted octanol–water partition coefficient (Wildman–Crippen LogP) is 8.98. The topological polar surface area (TPSA) is 71.1 Å². The molecule has 0 radical (unpaired) electrons. The van der Waals surface area contributed by atoms with Crippen molar-refractivity contribution in [2.24, 2.45) is 23.7 Å². The van der Waals surface area contributed by atoms with Crippen LogP contribution < -0.4 is 0 Å². The molecule has 2 aliphatic carbocycles. The number of carbonyl (C=O) groups is 2. The molecule has 1 heterocycles. The van der Waals surface area contributed by atoms with E-state index in [1.807, 2.05) is 0 Å². The van der Waals surface area contributed by atoms with Gasteiger partial charge in [-0.2, -0.15) is 0 Å². The summed E-state index contributed by atoms with van der Waals surface area (Å²) in [5.41, 5.74) is 1.22. The Morgan fingerprint density at radius 3 is 2.16 bits per heavy atom. The first-order valence-electron chi connectivity index (χ1n) is 16.7. The fourth-order valence-electron chi connectivity index (χ4n) is 6.24. The van der Waals surface area contributed by atoms with Crippen molar-refractivity contribution in [2.75, 3.05) is 0 Å². The molecule has 7 unspecified atom stereocenters. The Hall–Kier alpha value is -1.23. The van der Waals surface area contributed by atoms with Crippen molar-refractivity contribution in [3.05, 3.63) is 23.8 Å². The van der Waals surface area contributed by atoms with E-state index in [-0.39, 0.29) is 64.2 Å². The SMILES string of the molecule is CC(C)CC(=O)OC1CC(O[Si](C)(C)C(C)(C)C)C=C2C=CC(C)C(CCC3CC(O[Si](C)(C)C(C)(C)C)CC(=O)O3)C21. The maximum absolute atomic E-state index is 13.0. The predicted molar refractivity (Wildman–Crippen MR) is 180 cm³/mol. The second kappa shape index (κ2) is 13.6. The van der Waals surface area contributed by atoms with Gasteiger partial charge in [-0.15, -0.1) is 0 Å². The molecule has 0 N–H and O–H groups in total. The lowest BCUT2D eigenvalue weighted by atomic mass is 9.66. The van der Waals surface area contributed by atoms with Gasteiger partial charge in [0.15, 0.2) is 16.6 Å². The van der Waals surface area contributed by atoms with Crippen molar-refractivity contribution < 1.29 is 27.9 Å². The molecule has 0 aromatic rings. The zero-order chi connectivity index (χ0) is 32.5. The number of allylic oxidation sites excluding steroid dienone is 2. The van der Waals surface area contributed by atoms with Gasteiger partial charge < -0.3 is 18.3 Å². The highest BCUT2D eigenvalue weighted by Gasteiger charge is 2.46. The van der Waals surface area contributed by atoms with Gasteiger partial charge in [0.2, 0.25) is 0 Å². The average Bonchev–Trinajstić information content (AvgIpc) is 2.80. The quantitative estimate of drug-likeness (QED) is 0.176. The summed E-state index contributed by atoms with van der Waals surface area (Å²) in [6.45, 7) is 28.9. The molecular weight excluding hydrogens is 573 g/mol. The summed E-state index contributed by atoms with van der Waals surface area (Å²) in [6.07, 6.45) is 10.2. The first-order chi connectivity index (χ1) is 19.6. The molecule has 43 heavy (non-hydrogen) atoms. The van der Waals surface area contributed by atoms with Crippen molar-refractivity contribution >= 4 is 28.6 Å². The number of rotatable bonds is 10. The van der Waals surface area contributed by atoms with Crippen LogP contribution in [-0.4, -0.2) is 53.0 Å². The van der Waals surface area contributed by atoms with Crippen molar-refractivity contribution in [1.82, 2.24) is 0 Å². The third-order valence-corrected chi connectivity index (χ3v) is 19.8. The molecule has 0 saturated carbocycles. The molecule has 246 valence electrons. The Bertz CT molecular complexity index is 1050. The Morgan fingerprint density at radius 1 is 0.977 bits per heavy atom. The minimum atomic E-state index is -2.02. The summed E-state index contributed by atoms with van der Waals surface area (Å²) < 4.78 is 25.7. The molecule has 1 fully saturated rings. The lowest BCUT2D eigenvalue weighted by Crippen LogP contribution is -2.48. The number of fused-ring (bicyclic) bond motifs is 1. The molecule has 8 heteroatoms. The highest BCUT2D eigenvalue weighted by Crippen LogP contribution is 2.47. The van der Waals surface area contributed by atoms with Gasteiger partial charge in [-0.1, -0.05) is 80.5 Å². The van der Waals surface area contributed by atoms with Crippen molar-refractivity contribution in [3.8, 4) is 0 Å². The van der Waals surface area contributed by atoms with Gasteiger partial charge in [-0.05, 0) is 72.4 Å². The highest BCUT2D eigenvalue weighted by molar-refractivity contribution is 6.74. The van der Waals surface area contributed by atoms with Crippen molar-refractivity contribution in [3.63, 3.8) is 0 Å². The van der Waals surface area contributed by atoms with Gasteiger partial charge in [0.25, 0.3) is 0 Å². The van der Waals surface area contributed by atoms with Crippen LogP contribution in [0.5, 0.6) is 0 Å². The molecule has 0 spiro atoms. The van der Waals surface area contributed by atoms with Gasteiger partial charge in [-0.25, -0.2) is 0 Å². The molecular formula is C35H62O6Si2. The molecule has 0 bridgehead atoms. The largest absolute Gasteiger partial charge is 0.462 e. The maximum Gasteiger partial charge on any atom is 0.308 e. The van der Waals surface area contributed by atoms with E-state index in [4.69, 9.17) is 18.3 Å².